The fraction of sp³-hybridized carbons (Fsp3) is 0.400. The molecule has 0 aliphatic rings. The first-order chi connectivity index (χ1) is 12.0. The van der Waals surface area contributed by atoms with E-state index < -0.39 is 0 Å². The molecule has 0 saturated heterocycles. The summed E-state index contributed by atoms with van der Waals surface area (Å²) in [5.41, 5.74) is 6.96. The van der Waals surface area contributed by atoms with Crippen molar-refractivity contribution in [1.82, 2.24) is 14.5 Å². The van der Waals surface area contributed by atoms with Gasteiger partial charge in [-0.25, -0.2) is 14.4 Å². The molecule has 3 aromatic rings. The number of hydrogen-bond acceptors (Lipinski definition) is 3. The predicted octanol–water partition coefficient (Wildman–Crippen LogP) is 5.10. The van der Waals surface area contributed by atoms with Crippen molar-refractivity contribution in [2.75, 3.05) is 6.26 Å². The van der Waals surface area contributed by atoms with Crippen LogP contribution < -0.4 is 0 Å². The molecule has 0 amide bonds. The molecule has 5 heteroatoms. The predicted molar refractivity (Wildman–Crippen MR) is 103 cm³/mol. The molecule has 0 radical (unpaired) electrons. The zero-order valence-electron chi connectivity index (χ0n) is 15.3. The van der Waals surface area contributed by atoms with Crippen LogP contribution in [0.15, 0.2) is 29.4 Å². The Balaban J connectivity index is 2.05. The third-order valence-corrected chi connectivity index (χ3v) is 5.25. The van der Waals surface area contributed by atoms with Crippen LogP contribution in [0.1, 0.15) is 35.9 Å². The summed E-state index contributed by atoms with van der Waals surface area (Å²) in [4.78, 5) is 9.57. The van der Waals surface area contributed by atoms with Crippen LogP contribution in [0.4, 0.5) is 4.39 Å². The van der Waals surface area contributed by atoms with Crippen LogP contribution >= 0.6 is 11.8 Å². The van der Waals surface area contributed by atoms with Crippen molar-refractivity contribution in [3.63, 3.8) is 0 Å². The Morgan fingerprint density at radius 1 is 1.08 bits per heavy atom. The van der Waals surface area contributed by atoms with Crippen molar-refractivity contribution < 1.29 is 4.39 Å². The number of thioether (sulfide) groups is 1. The largest absolute Gasteiger partial charge is 0.342 e. The molecule has 0 aliphatic heterocycles. The van der Waals surface area contributed by atoms with Gasteiger partial charge in [-0.3, -0.25) is 0 Å². The molecule has 0 spiro atoms. The van der Waals surface area contributed by atoms with Gasteiger partial charge < -0.3 is 4.57 Å². The number of rotatable bonds is 6. The van der Waals surface area contributed by atoms with Crippen LogP contribution in [-0.4, -0.2) is 20.8 Å². The highest BCUT2D eigenvalue weighted by molar-refractivity contribution is 7.98. The molecule has 0 N–H and O–H groups in total. The van der Waals surface area contributed by atoms with Crippen LogP contribution in [0, 0.1) is 19.7 Å². The highest BCUT2D eigenvalue weighted by Gasteiger charge is 2.18. The lowest BCUT2D eigenvalue weighted by atomic mass is 10.1. The van der Waals surface area contributed by atoms with Gasteiger partial charge in [0.15, 0.2) is 5.16 Å². The molecule has 132 valence electrons. The van der Waals surface area contributed by atoms with Gasteiger partial charge in [0.1, 0.15) is 5.82 Å². The van der Waals surface area contributed by atoms with Gasteiger partial charge >= 0.3 is 0 Å². The van der Waals surface area contributed by atoms with Gasteiger partial charge in [0.2, 0.25) is 0 Å². The Labute approximate surface area is 152 Å². The molecule has 3 rings (SSSR count). The van der Waals surface area contributed by atoms with Crippen molar-refractivity contribution in [1.29, 1.82) is 0 Å². The molecule has 0 unspecified atom stereocenters. The van der Waals surface area contributed by atoms with Crippen LogP contribution in [0.3, 0.4) is 0 Å². The summed E-state index contributed by atoms with van der Waals surface area (Å²) in [6.45, 7) is 7.47. The van der Waals surface area contributed by atoms with Crippen LogP contribution in [-0.2, 0) is 19.4 Å². The normalized spacial score (nSPS) is 11.4. The Morgan fingerprint density at radius 3 is 2.44 bits per heavy atom. The summed E-state index contributed by atoms with van der Waals surface area (Å²) < 4.78 is 15.5. The van der Waals surface area contributed by atoms with E-state index in [2.05, 4.69) is 25.3 Å². The number of hydrogen-bond donors (Lipinski definition) is 0. The lowest BCUT2D eigenvalue weighted by molar-refractivity contribution is 0.627. The van der Waals surface area contributed by atoms with Gasteiger partial charge in [0.25, 0.3) is 0 Å². The Kier molecular flexibility index (Phi) is 5.42. The van der Waals surface area contributed by atoms with E-state index >= 15 is 0 Å². The summed E-state index contributed by atoms with van der Waals surface area (Å²) in [6, 6.07) is 6.74. The number of aromatic nitrogens is 3. The Bertz CT molecular complexity index is 884. The average Bonchev–Trinajstić information content (AvgIpc) is 2.86. The third kappa shape index (κ3) is 3.56. The second-order valence-corrected chi connectivity index (χ2v) is 7.12. The topological polar surface area (TPSA) is 30.7 Å². The minimum atomic E-state index is -0.194. The molecule has 1 aromatic carbocycles. The van der Waals surface area contributed by atoms with Gasteiger partial charge in [-0.1, -0.05) is 30.8 Å². The number of benzene rings is 1. The maximum absolute atomic E-state index is 13.1. The van der Waals surface area contributed by atoms with Gasteiger partial charge in [-0.2, -0.15) is 0 Å². The minimum absolute atomic E-state index is 0.194. The number of nitrogens with zero attached hydrogens (tertiary/aromatic N) is 3. The lowest BCUT2D eigenvalue weighted by Gasteiger charge is -2.11. The summed E-state index contributed by atoms with van der Waals surface area (Å²) in [7, 11) is 0. The molecule has 25 heavy (non-hydrogen) atoms. The molecule has 0 fully saturated rings. The van der Waals surface area contributed by atoms with E-state index in [0.29, 0.717) is 0 Å². The Hall–Kier alpha value is -1.88. The lowest BCUT2D eigenvalue weighted by Crippen LogP contribution is -2.05. The van der Waals surface area contributed by atoms with Crippen LogP contribution in [0.2, 0.25) is 0 Å². The first-order valence-corrected chi connectivity index (χ1v) is 9.92. The minimum Gasteiger partial charge on any atom is -0.342 e. The molecular weight excluding hydrogens is 333 g/mol. The van der Waals surface area contributed by atoms with Crippen LogP contribution in [0.25, 0.3) is 11.0 Å². The van der Waals surface area contributed by atoms with E-state index in [4.69, 9.17) is 9.97 Å². The van der Waals surface area contributed by atoms with Crippen LogP contribution in [0.5, 0.6) is 0 Å². The highest BCUT2D eigenvalue weighted by atomic mass is 32.2. The second kappa shape index (κ2) is 7.56. The fourth-order valence-corrected chi connectivity index (χ4v) is 3.63. The fourth-order valence-electron chi connectivity index (χ4n) is 3.25. The van der Waals surface area contributed by atoms with Gasteiger partial charge in [-0.15, -0.1) is 0 Å². The maximum Gasteiger partial charge on any atom is 0.188 e. The zero-order chi connectivity index (χ0) is 18.0. The van der Waals surface area contributed by atoms with E-state index in [0.717, 1.165) is 53.3 Å². The van der Waals surface area contributed by atoms with E-state index in [1.54, 1.807) is 11.8 Å². The van der Waals surface area contributed by atoms with Crippen molar-refractivity contribution in [3.05, 3.63) is 52.6 Å². The molecule has 2 heterocycles. The van der Waals surface area contributed by atoms with Crippen molar-refractivity contribution >= 4 is 22.8 Å². The number of halogens is 1. The first-order valence-electron chi connectivity index (χ1n) is 8.69. The summed E-state index contributed by atoms with van der Waals surface area (Å²) >= 11 is 1.58. The average molecular weight is 357 g/mol. The Morgan fingerprint density at radius 2 is 1.80 bits per heavy atom. The van der Waals surface area contributed by atoms with Crippen molar-refractivity contribution in [2.24, 2.45) is 0 Å². The van der Waals surface area contributed by atoms with Crippen molar-refractivity contribution in [3.8, 4) is 0 Å². The van der Waals surface area contributed by atoms with Gasteiger partial charge in [0.05, 0.1) is 16.7 Å². The molecular formula is C20H24FN3S. The first kappa shape index (κ1) is 17.9. The quantitative estimate of drug-likeness (QED) is 0.454. The summed E-state index contributed by atoms with van der Waals surface area (Å²) in [6.07, 6.45) is 4.75. The maximum atomic E-state index is 13.1. The molecule has 0 saturated carbocycles. The monoisotopic (exact) mass is 357 g/mol. The molecule has 0 atom stereocenters. The molecule has 3 nitrogen and oxygen atoms in total. The molecule has 2 aromatic heterocycles. The SMILES string of the molecule is CCCn1c(C)c(C)c2nc(SC)nc(CCc3ccc(F)cc3)c21. The van der Waals surface area contributed by atoms with E-state index in [1.807, 2.05) is 18.4 Å². The second-order valence-electron chi connectivity index (χ2n) is 6.34. The molecule has 0 aliphatic carbocycles. The smallest absolute Gasteiger partial charge is 0.188 e. The zero-order valence-corrected chi connectivity index (χ0v) is 16.1. The van der Waals surface area contributed by atoms with E-state index in [-0.39, 0.29) is 5.82 Å². The van der Waals surface area contributed by atoms with Gasteiger partial charge in [-0.05, 0) is 62.6 Å². The summed E-state index contributed by atoms with van der Waals surface area (Å²) in [5, 5.41) is 0.818. The van der Waals surface area contributed by atoms with Crippen molar-refractivity contribution in [2.45, 2.75) is 51.7 Å². The summed E-state index contributed by atoms with van der Waals surface area (Å²) in [5.74, 6) is -0.194. The number of fused-ring (bicyclic) bond motifs is 1. The number of aryl methyl sites for hydroxylation is 4. The standard InChI is InChI=1S/C20H24FN3S/c1-5-12-24-14(3)13(2)18-19(24)17(22-20(23-18)25-4)11-8-15-6-9-16(21)10-7-15/h6-7,9-10H,5,8,11-12H2,1-4H3. The third-order valence-electron chi connectivity index (χ3n) is 4.70. The molecule has 0 bridgehead atoms. The van der Waals surface area contributed by atoms with Gasteiger partial charge in [0, 0.05) is 12.2 Å². The highest BCUT2D eigenvalue weighted by Crippen LogP contribution is 2.28. The van der Waals surface area contributed by atoms with E-state index in [9.17, 15) is 4.39 Å². The van der Waals surface area contributed by atoms with E-state index in [1.165, 1.54) is 23.4 Å².